The maximum atomic E-state index is 4.61. The first-order valence-electron chi connectivity index (χ1n) is 6.61. The molecule has 2 nitrogen and oxygen atoms in total. The summed E-state index contributed by atoms with van der Waals surface area (Å²) in [7, 11) is 0. The molecule has 0 amide bonds. The molecular formula is C13H26N2. The fourth-order valence-corrected chi connectivity index (χ4v) is 2.00. The fourth-order valence-electron chi connectivity index (χ4n) is 2.00. The smallest absolute Gasteiger partial charge is 0.0912 e. The summed E-state index contributed by atoms with van der Waals surface area (Å²) in [5.41, 5.74) is 1.45. The van der Waals surface area contributed by atoms with Crippen LogP contribution >= 0.6 is 0 Å². The molecule has 0 aromatic rings. The molecular weight excluding hydrogens is 184 g/mol. The highest BCUT2D eigenvalue weighted by Crippen LogP contribution is 2.09. The molecule has 1 aliphatic heterocycles. The highest BCUT2D eigenvalue weighted by Gasteiger charge is 2.13. The van der Waals surface area contributed by atoms with Crippen LogP contribution in [-0.2, 0) is 0 Å². The van der Waals surface area contributed by atoms with Crippen LogP contribution in [0, 0.1) is 0 Å². The summed E-state index contributed by atoms with van der Waals surface area (Å²) in [4.78, 5) is 7.08. The molecule has 0 spiro atoms. The molecule has 2 heteroatoms. The molecule has 0 fully saturated rings. The van der Waals surface area contributed by atoms with Crippen LogP contribution in [0.5, 0.6) is 0 Å². The van der Waals surface area contributed by atoms with Crippen molar-refractivity contribution in [1.82, 2.24) is 4.90 Å². The lowest BCUT2D eigenvalue weighted by atomic mass is 10.1. The molecule has 0 radical (unpaired) electrons. The Morgan fingerprint density at radius 3 is 2.60 bits per heavy atom. The SMILES string of the molecule is CCCCCCC1=NCN(CCCC)C1. The Morgan fingerprint density at radius 1 is 1.07 bits per heavy atom. The first-order chi connectivity index (χ1) is 7.36. The number of hydrogen-bond acceptors (Lipinski definition) is 2. The van der Waals surface area contributed by atoms with Crippen molar-refractivity contribution in [3.8, 4) is 0 Å². The van der Waals surface area contributed by atoms with Crippen LogP contribution in [0.1, 0.15) is 58.8 Å². The lowest BCUT2D eigenvalue weighted by Gasteiger charge is -2.12. The summed E-state index contributed by atoms with van der Waals surface area (Å²) < 4.78 is 0. The van der Waals surface area contributed by atoms with E-state index in [0.717, 1.165) is 13.2 Å². The van der Waals surface area contributed by atoms with Crippen LogP contribution in [0.4, 0.5) is 0 Å². The quantitative estimate of drug-likeness (QED) is 0.560. The second-order valence-corrected chi connectivity index (χ2v) is 4.58. The van der Waals surface area contributed by atoms with Gasteiger partial charge >= 0.3 is 0 Å². The van der Waals surface area contributed by atoms with Crippen LogP contribution in [0.25, 0.3) is 0 Å². The van der Waals surface area contributed by atoms with E-state index in [1.54, 1.807) is 0 Å². The molecule has 88 valence electrons. The summed E-state index contributed by atoms with van der Waals surface area (Å²) in [6.07, 6.45) is 9.28. The number of unbranched alkanes of at least 4 members (excludes halogenated alkanes) is 4. The minimum absolute atomic E-state index is 0.961. The zero-order chi connectivity index (χ0) is 10.9. The molecule has 0 saturated carbocycles. The third-order valence-corrected chi connectivity index (χ3v) is 3.05. The van der Waals surface area contributed by atoms with E-state index in [2.05, 4.69) is 23.7 Å². The molecule has 1 heterocycles. The third-order valence-electron chi connectivity index (χ3n) is 3.05. The standard InChI is InChI=1S/C13H26N2/c1-3-5-7-8-9-13-11-15(12-14-13)10-6-4-2/h3-12H2,1-2H3. The summed E-state index contributed by atoms with van der Waals surface area (Å²) in [6, 6.07) is 0. The Labute approximate surface area is 94.8 Å². The van der Waals surface area contributed by atoms with Crippen molar-refractivity contribution in [3.05, 3.63) is 0 Å². The molecule has 0 aromatic heterocycles. The van der Waals surface area contributed by atoms with Gasteiger partial charge in [0.05, 0.1) is 6.67 Å². The molecule has 0 bridgehead atoms. The molecule has 0 N–H and O–H groups in total. The minimum atomic E-state index is 0.961. The Bertz CT molecular complexity index is 187. The number of hydrogen-bond donors (Lipinski definition) is 0. The van der Waals surface area contributed by atoms with Crippen molar-refractivity contribution in [2.24, 2.45) is 4.99 Å². The predicted octanol–water partition coefficient (Wildman–Crippen LogP) is 3.47. The lowest BCUT2D eigenvalue weighted by molar-refractivity contribution is 0.335. The zero-order valence-electron chi connectivity index (χ0n) is 10.5. The van der Waals surface area contributed by atoms with Gasteiger partial charge in [-0.15, -0.1) is 0 Å². The maximum absolute atomic E-state index is 4.61. The number of aliphatic imine (C=N–C) groups is 1. The number of rotatable bonds is 8. The highest BCUT2D eigenvalue weighted by atomic mass is 15.2. The molecule has 0 unspecified atom stereocenters. The van der Waals surface area contributed by atoms with Gasteiger partial charge in [-0.05, 0) is 19.3 Å². The molecule has 0 atom stereocenters. The zero-order valence-corrected chi connectivity index (χ0v) is 10.5. The van der Waals surface area contributed by atoms with E-state index in [4.69, 9.17) is 0 Å². The van der Waals surface area contributed by atoms with Crippen LogP contribution in [-0.4, -0.2) is 30.4 Å². The van der Waals surface area contributed by atoms with Gasteiger partial charge < -0.3 is 0 Å². The van der Waals surface area contributed by atoms with Gasteiger partial charge in [0.25, 0.3) is 0 Å². The largest absolute Gasteiger partial charge is 0.279 e. The molecule has 15 heavy (non-hydrogen) atoms. The molecule has 0 aliphatic carbocycles. The van der Waals surface area contributed by atoms with Crippen LogP contribution < -0.4 is 0 Å². The topological polar surface area (TPSA) is 15.6 Å². The van der Waals surface area contributed by atoms with Gasteiger partial charge in [-0.25, -0.2) is 0 Å². The van der Waals surface area contributed by atoms with Crippen molar-refractivity contribution < 1.29 is 0 Å². The second-order valence-electron chi connectivity index (χ2n) is 4.58. The Balaban J connectivity index is 2.02. The molecule has 0 saturated heterocycles. The first kappa shape index (κ1) is 12.7. The van der Waals surface area contributed by atoms with E-state index < -0.39 is 0 Å². The van der Waals surface area contributed by atoms with Crippen molar-refractivity contribution in [2.45, 2.75) is 58.8 Å². The van der Waals surface area contributed by atoms with E-state index in [0.29, 0.717) is 0 Å². The van der Waals surface area contributed by atoms with Gasteiger partial charge in [-0.1, -0.05) is 39.5 Å². The van der Waals surface area contributed by atoms with Gasteiger partial charge in [0.1, 0.15) is 0 Å². The molecule has 1 aliphatic rings. The summed E-state index contributed by atoms with van der Waals surface area (Å²) in [5.74, 6) is 0. The van der Waals surface area contributed by atoms with Crippen LogP contribution in [0.15, 0.2) is 4.99 Å². The van der Waals surface area contributed by atoms with E-state index in [9.17, 15) is 0 Å². The average molecular weight is 210 g/mol. The fraction of sp³-hybridized carbons (Fsp3) is 0.923. The van der Waals surface area contributed by atoms with Gasteiger partial charge in [-0.2, -0.15) is 0 Å². The Morgan fingerprint density at radius 2 is 1.87 bits per heavy atom. The maximum Gasteiger partial charge on any atom is 0.0912 e. The highest BCUT2D eigenvalue weighted by molar-refractivity contribution is 5.87. The molecule has 1 rings (SSSR count). The Hall–Kier alpha value is -0.370. The summed E-state index contributed by atoms with van der Waals surface area (Å²) >= 11 is 0. The van der Waals surface area contributed by atoms with Crippen molar-refractivity contribution in [1.29, 1.82) is 0 Å². The van der Waals surface area contributed by atoms with Gasteiger partial charge in [-0.3, -0.25) is 9.89 Å². The first-order valence-corrected chi connectivity index (χ1v) is 6.61. The summed E-state index contributed by atoms with van der Waals surface area (Å²) in [6.45, 7) is 7.86. The second kappa shape index (κ2) is 7.86. The van der Waals surface area contributed by atoms with Crippen molar-refractivity contribution in [2.75, 3.05) is 19.8 Å². The predicted molar refractivity (Wildman–Crippen MR) is 67.5 cm³/mol. The Kier molecular flexibility index (Phi) is 6.66. The van der Waals surface area contributed by atoms with Gasteiger partial charge in [0, 0.05) is 18.8 Å². The normalized spacial score (nSPS) is 17.1. The van der Waals surface area contributed by atoms with Gasteiger partial charge in [0.15, 0.2) is 0 Å². The van der Waals surface area contributed by atoms with Gasteiger partial charge in [0.2, 0.25) is 0 Å². The minimum Gasteiger partial charge on any atom is -0.279 e. The van der Waals surface area contributed by atoms with E-state index >= 15 is 0 Å². The van der Waals surface area contributed by atoms with Crippen LogP contribution in [0.2, 0.25) is 0 Å². The summed E-state index contributed by atoms with van der Waals surface area (Å²) in [5, 5.41) is 0. The molecule has 0 aromatic carbocycles. The third kappa shape index (κ3) is 5.31. The number of nitrogens with zero attached hydrogens (tertiary/aromatic N) is 2. The van der Waals surface area contributed by atoms with Crippen molar-refractivity contribution >= 4 is 5.71 Å². The lowest BCUT2D eigenvalue weighted by Crippen LogP contribution is -2.24. The van der Waals surface area contributed by atoms with Crippen LogP contribution in [0.3, 0.4) is 0 Å². The van der Waals surface area contributed by atoms with E-state index in [-0.39, 0.29) is 0 Å². The van der Waals surface area contributed by atoms with E-state index in [1.807, 2.05) is 0 Å². The monoisotopic (exact) mass is 210 g/mol. The van der Waals surface area contributed by atoms with E-state index in [1.165, 1.54) is 57.2 Å². The van der Waals surface area contributed by atoms with Crippen molar-refractivity contribution in [3.63, 3.8) is 0 Å². The average Bonchev–Trinajstić information content (AvgIpc) is 2.69.